The van der Waals surface area contributed by atoms with Crippen LogP contribution < -0.4 is 0 Å². The molecular formula is C8H12OS. The van der Waals surface area contributed by atoms with E-state index in [1.807, 2.05) is 0 Å². The van der Waals surface area contributed by atoms with Gasteiger partial charge in [0.25, 0.3) is 0 Å². The van der Waals surface area contributed by atoms with Crippen LogP contribution in [0.4, 0.5) is 0 Å². The van der Waals surface area contributed by atoms with Crippen LogP contribution in [-0.2, 0) is 4.79 Å². The predicted molar refractivity (Wildman–Crippen MR) is 45.1 cm³/mol. The van der Waals surface area contributed by atoms with E-state index in [1.54, 1.807) is 0 Å². The van der Waals surface area contributed by atoms with Gasteiger partial charge >= 0.3 is 0 Å². The molecule has 56 valence electrons. The zero-order chi connectivity index (χ0) is 7.40. The molecule has 0 aliphatic heterocycles. The van der Waals surface area contributed by atoms with Crippen LogP contribution in [-0.4, -0.2) is 5.12 Å². The Morgan fingerprint density at radius 3 is 3.00 bits per heavy atom. The van der Waals surface area contributed by atoms with Crippen LogP contribution >= 0.6 is 12.6 Å². The Balaban J connectivity index is 2.33. The minimum absolute atomic E-state index is 0.0107. The van der Waals surface area contributed by atoms with E-state index in [-0.39, 0.29) is 5.12 Å². The molecule has 0 radical (unpaired) electrons. The molecular weight excluding hydrogens is 144 g/mol. The zero-order valence-electron chi connectivity index (χ0n) is 5.92. The lowest BCUT2D eigenvalue weighted by molar-refractivity contribution is -0.111. The molecule has 0 amide bonds. The number of hydrogen-bond acceptors (Lipinski definition) is 1. The molecule has 10 heavy (non-hydrogen) atoms. The molecule has 0 N–H and O–H groups in total. The number of allylic oxidation sites excluding steroid dienone is 2. The van der Waals surface area contributed by atoms with Gasteiger partial charge in [-0.1, -0.05) is 12.2 Å². The van der Waals surface area contributed by atoms with Gasteiger partial charge in [0.15, 0.2) is 5.12 Å². The van der Waals surface area contributed by atoms with Gasteiger partial charge in [0.1, 0.15) is 0 Å². The summed E-state index contributed by atoms with van der Waals surface area (Å²) in [6, 6.07) is 0. The Hall–Kier alpha value is -0.240. The molecule has 2 heteroatoms. The van der Waals surface area contributed by atoms with Crippen LogP contribution in [0.2, 0.25) is 0 Å². The van der Waals surface area contributed by atoms with Crippen molar-refractivity contribution in [1.29, 1.82) is 0 Å². The van der Waals surface area contributed by atoms with Crippen LogP contribution in [0.3, 0.4) is 0 Å². The number of carbonyl (C=O) groups excluding carboxylic acids is 1. The van der Waals surface area contributed by atoms with Gasteiger partial charge in [0.05, 0.1) is 0 Å². The molecule has 0 aromatic heterocycles. The molecule has 0 saturated carbocycles. The molecule has 1 aliphatic rings. The maximum atomic E-state index is 10.5. The van der Waals surface area contributed by atoms with E-state index < -0.39 is 0 Å². The summed E-state index contributed by atoms with van der Waals surface area (Å²) in [4.78, 5) is 10.5. The summed E-state index contributed by atoms with van der Waals surface area (Å²) >= 11 is 3.74. The van der Waals surface area contributed by atoms with E-state index in [1.165, 1.54) is 12.8 Å². The van der Waals surface area contributed by atoms with E-state index in [0.717, 1.165) is 6.42 Å². The van der Waals surface area contributed by atoms with Gasteiger partial charge in [-0.3, -0.25) is 4.79 Å². The molecule has 1 nitrogen and oxygen atoms in total. The highest BCUT2D eigenvalue weighted by molar-refractivity contribution is 7.96. The number of thiol groups is 1. The van der Waals surface area contributed by atoms with Crippen molar-refractivity contribution >= 4 is 17.7 Å². The molecule has 0 spiro atoms. The second-order valence-electron chi connectivity index (χ2n) is 2.72. The third-order valence-electron chi connectivity index (χ3n) is 1.79. The first-order valence-corrected chi connectivity index (χ1v) is 4.12. The Morgan fingerprint density at radius 1 is 1.70 bits per heavy atom. The average Bonchev–Trinajstić information content (AvgIpc) is 1.88. The fraction of sp³-hybridized carbons (Fsp3) is 0.625. The second kappa shape index (κ2) is 3.81. The molecule has 0 heterocycles. The van der Waals surface area contributed by atoms with Crippen LogP contribution in [0.25, 0.3) is 0 Å². The molecule has 0 aromatic carbocycles. The number of hydrogen-bond donors (Lipinski definition) is 1. The monoisotopic (exact) mass is 156 g/mol. The lowest BCUT2D eigenvalue weighted by Crippen LogP contribution is -2.04. The van der Waals surface area contributed by atoms with Gasteiger partial charge in [0.2, 0.25) is 0 Å². The summed E-state index contributed by atoms with van der Waals surface area (Å²) in [5.74, 6) is 0.471. The van der Waals surface area contributed by atoms with Crippen molar-refractivity contribution in [3.63, 3.8) is 0 Å². The summed E-state index contributed by atoms with van der Waals surface area (Å²) in [5, 5.41) is 0.0107. The largest absolute Gasteiger partial charge is 0.287 e. The summed E-state index contributed by atoms with van der Waals surface area (Å²) in [7, 11) is 0. The minimum atomic E-state index is 0.0107. The van der Waals surface area contributed by atoms with Gasteiger partial charge in [-0.05, 0) is 25.2 Å². The van der Waals surface area contributed by atoms with Crippen molar-refractivity contribution in [2.45, 2.75) is 25.7 Å². The van der Waals surface area contributed by atoms with Gasteiger partial charge in [-0.15, -0.1) is 12.6 Å². The summed E-state index contributed by atoms with van der Waals surface area (Å²) in [6.07, 6.45) is 8.46. The van der Waals surface area contributed by atoms with Crippen molar-refractivity contribution in [2.75, 3.05) is 0 Å². The smallest absolute Gasteiger partial charge is 0.186 e. The Bertz CT molecular complexity index is 151. The van der Waals surface area contributed by atoms with Crippen molar-refractivity contribution in [3.05, 3.63) is 12.2 Å². The maximum absolute atomic E-state index is 10.5. The van der Waals surface area contributed by atoms with Crippen molar-refractivity contribution < 1.29 is 4.79 Å². The molecule has 1 atom stereocenters. The first-order chi connectivity index (χ1) is 4.79. The summed E-state index contributed by atoms with van der Waals surface area (Å²) in [5.41, 5.74) is 0. The molecule has 0 bridgehead atoms. The molecule has 0 fully saturated rings. The predicted octanol–water partition coefficient (Wildman–Crippen LogP) is 2.19. The number of carbonyl (C=O) groups is 1. The molecule has 1 aliphatic carbocycles. The highest BCUT2D eigenvalue weighted by atomic mass is 32.1. The standard InChI is InChI=1S/C8H12OS/c9-8(10)6-7-4-2-1-3-5-7/h2,4,7H,1,3,5-6H2,(H,9,10). The second-order valence-corrected chi connectivity index (χ2v) is 3.22. The molecule has 1 rings (SSSR count). The van der Waals surface area contributed by atoms with Crippen molar-refractivity contribution in [3.8, 4) is 0 Å². The van der Waals surface area contributed by atoms with Crippen LogP contribution in [0.5, 0.6) is 0 Å². The van der Waals surface area contributed by atoms with Crippen molar-refractivity contribution in [1.82, 2.24) is 0 Å². The Labute approximate surface area is 66.9 Å². The fourth-order valence-corrected chi connectivity index (χ4v) is 1.51. The SMILES string of the molecule is O=C(S)CC1C=CCCC1. The topological polar surface area (TPSA) is 17.1 Å². The van der Waals surface area contributed by atoms with Gasteiger partial charge < -0.3 is 0 Å². The van der Waals surface area contributed by atoms with Crippen LogP contribution in [0, 0.1) is 5.92 Å². The summed E-state index contributed by atoms with van der Waals surface area (Å²) < 4.78 is 0. The van der Waals surface area contributed by atoms with Gasteiger partial charge in [-0.25, -0.2) is 0 Å². The van der Waals surface area contributed by atoms with Crippen LogP contribution in [0.15, 0.2) is 12.2 Å². The normalized spacial score (nSPS) is 24.7. The van der Waals surface area contributed by atoms with Gasteiger partial charge in [-0.2, -0.15) is 0 Å². The Morgan fingerprint density at radius 2 is 2.50 bits per heavy atom. The first kappa shape index (κ1) is 7.86. The van der Waals surface area contributed by atoms with Crippen LogP contribution in [0.1, 0.15) is 25.7 Å². The Kier molecular flexibility index (Phi) is 3.00. The number of rotatable bonds is 2. The lowest BCUT2D eigenvalue weighted by atomic mass is 9.94. The van der Waals surface area contributed by atoms with Gasteiger partial charge in [0, 0.05) is 6.42 Å². The van der Waals surface area contributed by atoms with Crippen molar-refractivity contribution in [2.24, 2.45) is 5.92 Å². The first-order valence-electron chi connectivity index (χ1n) is 3.67. The molecule has 0 saturated heterocycles. The lowest BCUT2D eigenvalue weighted by Gasteiger charge is -2.13. The third kappa shape index (κ3) is 2.56. The fourth-order valence-electron chi connectivity index (χ4n) is 1.28. The maximum Gasteiger partial charge on any atom is 0.186 e. The van der Waals surface area contributed by atoms with E-state index in [4.69, 9.17) is 0 Å². The third-order valence-corrected chi connectivity index (χ3v) is 1.97. The highest BCUT2D eigenvalue weighted by Gasteiger charge is 2.10. The van der Waals surface area contributed by atoms with E-state index in [9.17, 15) is 4.79 Å². The molecule has 0 aromatic rings. The van der Waals surface area contributed by atoms with E-state index in [0.29, 0.717) is 12.3 Å². The minimum Gasteiger partial charge on any atom is -0.287 e. The highest BCUT2D eigenvalue weighted by Crippen LogP contribution is 2.20. The van der Waals surface area contributed by atoms with E-state index >= 15 is 0 Å². The average molecular weight is 156 g/mol. The quantitative estimate of drug-likeness (QED) is 0.479. The zero-order valence-corrected chi connectivity index (χ0v) is 6.81. The van der Waals surface area contributed by atoms with E-state index in [2.05, 4.69) is 24.8 Å². The molecule has 1 unspecified atom stereocenters. The summed E-state index contributed by atoms with van der Waals surface area (Å²) in [6.45, 7) is 0.